The van der Waals surface area contributed by atoms with Gasteiger partial charge in [-0.15, -0.1) is 0 Å². The SMILES string of the molecule is Cc1nn(Cc2ccc(CCN)cc2)c(C)c1C. The Morgan fingerprint density at radius 1 is 1.06 bits per heavy atom. The van der Waals surface area contributed by atoms with Crippen LogP contribution in [0.3, 0.4) is 0 Å². The molecule has 0 bridgehead atoms. The molecule has 0 aliphatic carbocycles. The second-order valence-electron chi connectivity index (χ2n) is 4.81. The molecule has 0 unspecified atom stereocenters. The standard InChI is InChI=1S/C15H21N3/c1-11-12(2)17-18(13(11)3)10-15-6-4-14(5-7-15)8-9-16/h4-7H,8-10,16H2,1-3H3. The van der Waals surface area contributed by atoms with Gasteiger partial charge in [-0.25, -0.2) is 0 Å². The van der Waals surface area contributed by atoms with Gasteiger partial charge in [0.2, 0.25) is 0 Å². The molecule has 2 aromatic rings. The minimum Gasteiger partial charge on any atom is -0.330 e. The quantitative estimate of drug-likeness (QED) is 0.896. The van der Waals surface area contributed by atoms with Crippen molar-refractivity contribution in [1.82, 2.24) is 9.78 Å². The molecule has 0 amide bonds. The maximum absolute atomic E-state index is 5.55. The summed E-state index contributed by atoms with van der Waals surface area (Å²) in [5.41, 5.74) is 11.8. The first-order valence-electron chi connectivity index (χ1n) is 6.40. The van der Waals surface area contributed by atoms with Crippen molar-refractivity contribution in [2.75, 3.05) is 6.54 Å². The first-order valence-corrected chi connectivity index (χ1v) is 6.40. The molecule has 1 aromatic heterocycles. The molecule has 0 fully saturated rings. The molecule has 0 saturated carbocycles. The summed E-state index contributed by atoms with van der Waals surface area (Å²) in [7, 11) is 0. The summed E-state index contributed by atoms with van der Waals surface area (Å²) in [6.45, 7) is 7.85. The van der Waals surface area contributed by atoms with Gasteiger partial charge in [0.15, 0.2) is 0 Å². The summed E-state index contributed by atoms with van der Waals surface area (Å²) < 4.78 is 2.07. The number of hydrogen-bond acceptors (Lipinski definition) is 2. The molecule has 18 heavy (non-hydrogen) atoms. The van der Waals surface area contributed by atoms with E-state index in [0.717, 1.165) is 18.7 Å². The number of nitrogens with two attached hydrogens (primary N) is 1. The summed E-state index contributed by atoms with van der Waals surface area (Å²) in [6.07, 6.45) is 0.944. The van der Waals surface area contributed by atoms with Gasteiger partial charge in [0.05, 0.1) is 12.2 Å². The van der Waals surface area contributed by atoms with Crippen molar-refractivity contribution in [3.63, 3.8) is 0 Å². The van der Waals surface area contributed by atoms with Gasteiger partial charge in [0.1, 0.15) is 0 Å². The zero-order valence-corrected chi connectivity index (χ0v) is 11.4. The van der Waals surface area contributed by atoms with Gasteiger partial charge in [0, 0.05) is 5.69 Å². The van der Waals surface area contributed by atoms with E-state index in [1.807, 2.05) is 0 Å². The molecule has 1 heterocycles. The average Bonchev–Trinajstić information content (AvgIpc) is 2.60. The van der Waals surface area contributed by atoms with Crippen molar-refractivity contribution in [3.8, 4) is 0 Å². The molecule has 0 radical (unpaired) electrons. The lowest BCUT2D eigenvalue weighted by atomic mass is 10.1. The van der Waals surface area contributed by atoms with Crippen molar-refractivity contribution in [2.45, 2.75) is 33.7 Å². The monoisotopic (exact) mass is 243 g/mol. The van der Waals surface area contributed by atoms with Gasteiger partial charge in [-0.2, -0.15) is 5.10 Å². The van der Waals surface area contributed by atoms with Crippen LogP contribution in [0, 0.1) is 20.8 Å². The summed E-state index contributed by atoms with van der Waals surface area (Å²) in [5, 5.41) is 4.56. The van der Waals surface area contributed by atoms with Crippen molar-refractivity contribution in [1.29, 1.82) is 0 Å². The highest BCUT2D eigenvalue weighted by Gasteiger charge is 2.07. The van der Waals surface area contributed by atoms with Crippen LogP contribution >= 0.6 is 0 Å². The summed E-state index contributed by atoms with van der Waals surface area (Å²) >= 11 is 0. The van der Waals surface area contributed by atoms with Gasteiger partial charge in [-0.1, -0.05) is 24.3 Å². The Labute approximate surface area is 109 Å². The molecule has 0 spiro atoms. The van der Waals surface area contributed by atoms with Gasteiger partial charge in [-0.05, 0) is 50.4 Å². The van der Waals surface area contributed by atoms with E-state index in [1.165, 1.54) is 22.4 Å². The van der Waals surface area contributed by atoms with E-state index < -0.39 is 0 Å². The molecule has 1 aromatic carbocycles. The van der Waals surface area contributed by atoms with E-state index in [2.05, 4.69) is 54.8 Å². The maximum atomic E-state index is 5.55. The Balaban J connectivity index is 2.15. The first-order chi connectivity index (χ1) is 8.61. The van der Waals surface area contributed by atoms with Crippen molar-refractivity contribution >= 4 is 0 Å². The largest absolute Gasteiger partial charge is 0.330 e. The lowest BCUT2D eigenvalue weighted by Gasteiger charge is -2.06. The summed E-state index contributed by atoms with van der Waals surface area (Å²) in [4.78, 5) is 0. The fourth-order valence-electron chi connectivity index (χ4n) is 2.09. The van der Waals surface area contributed by atoms with Crippen LogP contribution in [0.4, 0.5) is 0 Å². The lowest BCUT2D eigenvalue weighted by Crippen LogP contribution is -2.05. The Morgan fingerprint density at radius 3 is 2.17 bits per heavy atom. The molecule has 3 nitrogen and oxygen atoms in total. The number of aromatic nitrogens is 2. The molecule has 0 saturated heterocycles. The van der Waals surface area contributed by atoms with Crippen LogP contribution in [0.25, 0.3) is 0 Å². The number of rotatable bonds is 4. The van der Waals surface area contributed by atoms with E-state index in [-0.39, 0.29) is 0 Å². The number of aryl methyl sites for hydroxylation is 1. The minimum atomic E-state index is 0.704. The highest BCUT2D eigenvalue weighted by atomic mass is 15.3. The third-order valence-corrected chi connectivity index (χ3v) is 3.53. The first kappa shape index (κ1) is 12.8. The molecule has 96 valence electrons. The van der Waals surface area contributed by atoms with E-state index in [9.17, 15) is 0 Å². The summed E-state index contributed by atoms with van der Waals surface area (Å²) in [6, 6.07) is 8.63. The van der Waals surface area contributed by atoms with Gasteiger partial charge in [0.25, 0.3) is 0 Å². The second-order valence-corrected chi connectivity index (χ2v) is 4.81. The van der Waals surface area contributed by atoms with Crippen LogP contribution in [0.5, 0.6) is 0 Å². The van der Waals surface area contributed by atoms with Gasteiger partial charge in [-0.3, -0.25) is 4.68 Å². The number of hydrogen-bond donors (Lipinski definition) is 1. The van der Waals surface area contributed by atoms with Gasteiger partial charge < -0.3 is 5.73 Å². The topological polar surface area (TPSA) is 43.8 Å². The molecule has 2 N–H and O–H groups in total. The highest BCUT2D eigenvalue weighted by Crippen LogP contribution is 2.13. The fourth-order valence-corrected chi connectivity index (χ4v) is 2.09. The van der Waals surface area contributed by atoms with Crippen molar-refractivity contribution < 1.29 is 0 Å². The number of nitrogens with zero attached hydrogens (tertiary/aromatic N) is 2. The smallest absolute Gasteiger partial charge is 0.0662 e. The van der Waals surface area contributed by atoms with E-state index >= 15 is 0 Å². The molecule has 0 aliphatic heterocycles. The second kappa shape index (κ2) is 5.36. The Morgan fingerprint density at radius 2 is 1.67 bits per heavy atom. The Bertz CT molecular complexity index is 523. The van der Waals surface area contributed by atoms with E-state index in [1.54, 1.807) is 0 Å². The van der Waals surface area contributed by atoms with Crippen LogP contribution in [-0.2, 0) is 13.0 Å². The highest BCUT2D eigenvalue weighted by molar-refractivity contribution is 5.26. The third-order valence-electron chi connectivity index (χ3n) is 3.53. The van der Waals surface area contributed by atoms with E-state index in [0.29, 0.717) is 6.54 Å². The normalized spacial score (nSPS) is 10.9. The minimum absolute atomic E-state index is 0.704. The van der Waals surface area contributed by atoms with Crippen LogP contribution in [0.1, 0.15) is 28.1 Å². The Hall–Kier alpha value is -1.61. The third kappa shape index (κ3) is 2.62. The van der Waals surface area contributed by atoms with Crippen LogP contribution in [-0.4, -0.2) is 16.3 Å². The molecule has 3 heteroatoms. The molecular formula is C15H21N3. The fraction of sp³-hybridized carbons (Fsp3) is 0.400. The predicted octanol–water partition coefficient (Wildman–Crippen LogP) is 2.36. The maximum Gasteiger partial charge on any atom is 0.0662 e. The average molecular weight is 243 g/mol. The van der Waals surface area contributed by atoms with E-state index in [4.69, 9.17) is 5.73 Å². The predicted molar refractivity (Wildman–Crippen MR) is 74.7 cm³/mol. The Kier molecular flexibility index (Phi) is 3.82. The molecule has 2 rings (SSSR count). The molecular weight excluding hydrogens is 222 g/mol. The van der Waals surface area contributed by atoms with Crippen molar-refractivity contribution in [3.05, 3.63) is 52.3 Å². The zero-order valence-electron chi connectivity index (χ0n) is 11.4. The van der Waals surface area contributed by atoms with Crippen molar-refractivity contribution in [2.24, 2.45) is 5.73 Å². The molecule has 0 aliphatic rings. The summed E-state index contributed by atoms with van der Waals surface area (Å²) in [5.74, 6) is 0. The van der Waals surface area contributed by atoms with Crippen LogP contribution < -0.4 is 5.73 Å². The van der Waals surface area contributed by atoms with Gasteiger partial charge >= 0.3 is 0 Å². The van der Waals surface area contributed by atoms with Crippen LogP contribution in [0.2, 0.25) is 0 Å². The number of benzene rings is 1. The molecule has 0 atom stereocenters. The zero-order chi connectivity index (χ0) is 13.1. The lowest BCUT2D eigenvalue weighted by molar-refractivity contribution is 0.658. The van der Waals surface area contributed by atoms with Crippen LogP contribution in [0.15, 0.2) is 24.3 Å².